The molecular weight excluding hydrogens is 628 g/mol. The van der Waals surface area contributed by atoms with Crippen molar-refractivity contribution < 1.29 is 13.3 Å². The third-order valence-corrected chi connectivity index (χ3v) is 0. The molecule has 0 atom stereocenters. The van der Waals surface area contributed by atoms with Gasteiger partial charge in [0.2, 0.25) is 0 Å². The van der Waals surface area contributed by atoms with Crippen LogP contribution in [0.5, 0.6) is 0 Å². The Bertz CT molecular complexity index is 3.25. The van der Waals surface area contributed by atoms with Gasteiger partial charge in [-0.3, -0.25) is 0 Å². The largest absolute Gasteiger partial charge is 0 e. The van der Waals surface area contributed by atoms with Gasteiger partial charge in [0.25, 0.3) is 0 Å². The van der Waals surface area contributed by atoms with Gasteiger partial charge in [0.05, 0.1) is 0 Å². The van der Waals surface area contributed by atoms with Gasteiger partial charge in [0.15, 0.2) is 0 Å². The monoisotopic (exact) mass is 628 g/mol. The van der Waals surface area contributed by atoms with Crippen molar-refractivity contribution in [1.82, 2.24) is 0 Å². The van der Waals surface area contributed by atoms with Crippen molar-refractivity contribution in [3.63, 3.8) is 0 Å². The molecule has 0 aromatic rings. The van der Waals surface area contributed by atoms with Crippen molar-refractivity contribution in [2.75, 3.05) is 0 Å². The maximum absolute atomic E-state index is 2.39. The fourth-order valence-electron chi connectivity index (χ4n) is 0. The van der Waals surface area contributed by atoms with E-state index in [0.29, 0.717) is 13.3 Å². The molecule has 0 aliphatic rings. The summed E-state index contributed by atoms with van der Waals surface area (Å²) >= 11 is 5.30. The first-order valence-electron chi connectivity index (χ1n) is 0.286. The Morgan fingerprint density at radius 3 is 1.25 bits per heavy atom. The molecule has 0 fully saturated rings. The number of hydrogen-bond donors (Lipinski definition) is 0. The van der Waals surface area contributed by atoms with Gasteiger partial charge in [0, 0.05) is 0 Å². The van der Waals surface area contributed by atoms with E-state index in [0.717, 1.165) is 0 Å². The van der Waals surface area contributed by atoms with Crippen LogP contribution in [0.1, 0.15) is 0 Å². The van der Waals surface area contributed by atoms with Gasteiger partial charge < -0.3 is 0 Å². The predicted octanol–water partition coefficient (Wildman–Crippen LogP) is -1.22. The molecule has 0 N–H and O–H groups in total. The minimum absolute atomic E-state index is 0. The average Bonchev–Trinajstić information content (AvgIpc) is 0.918. The Morgan fingerprint density at radius 2 is 1.25 bits per heavy atom. The summed E-state index contributed by atoms with van der Waals surface area (Å²) in [4.78, 5) is 0. The number of hydrogen-bond acceptors (Lipinski definition) is 0. The van der Waals surface area contributed by atoms with Gasteiger partial charge in [-0.05, 0) is 0 Å². The van der Waals surface area contributed by atoms with Crippen LogP contribution in [0.2, 0.25) is 0 Å². The van der Waals surface area contributed by atoms with Gasteiger partial charge in [-0.15, -0.1) is 0 Å². The fraction of sp³-hybridized carbons (Fsp3) is 0. The topological polar surface area (TPSA) is 0 Å². The van der Waals surface area contributed by atoms with Gasteiger partial charge in [-0.2, -0.15) is 0 Å². The molecular formula is BkI3-. The van der Waals surface area contributed by atoms with E-state index >= 15 is 0 Å². The molecule has 0 unspecified atom stereocenters. The molecule has 0 nitrogen and oxygen atoms in total. The van der Waals surface area contributed by atoms with E-state index in [4.69, 9.17) is 0 Å². The van der Waals surface area contributed by atoms with Crippen molar-refractivity contribution in [1.29, 1.82) is 0 Å². The van der Waals surface area contributed by atoms with E-state index in [9.17, 15) is 0 Å². The second-order valence-electron chi connectivity index (χ2n) is 0.0540. The standard InChI is InChI=1S/Bk.I3/c;1-3-2/q;-1. The predicted molar refractivity (Wildman–Crippen MR) is 28.0 cm³/mol. The molecule has 0 amide bonds. The summed E-state index contributed by atoms with van der Waals surface area (Å²) < 4.78 is 0. The molecule has 1 radical (unpaired) electrons. The maximum atomic E-state index is 2.39. The Kier molecular flexibility index (Phi) is 19.9. The first-order valence-corrected chi connectivity index (χ1v) is 12.9. The third-order valence-electron chi connectivity index (χ3n) is 0. The van der Waals surface area contributed by atoms with Crippen LogP contribution in [-0.2, 0) is 0 Å². The number of rotatable bonds is 0. The van der Waals surface area contributed by atoms with Crippen molar-refractivity contribution in [2.45, 2.75) is 0 Å². The van der Waals surface area contributed by atoms with Crippen molar-refractivity contribution >= 4 is 37.2 Å². The first-order chi connectivity index (χ1) is 1.41. The first kappa shape index (κ1) is 8.95. The van der Waals surface area contributed by atoms with Crippen LogP contribution in [-0.4, -0.2) is 0 Å². The summed E-state index contributed by atoms with van der Waals surface area (Å²) in [5, 5.41) is 0. The van der Waals surface area contributed by atoms with Crippen LogP contribution < -0.4 is 13.3 Å². The molecule has 0 spiro atoms. The normalized spacial score (nSPS) is 5.50. The molecule has 0 aliphatic carbocycles. The second kappa shape index (κ2) is 8.89. The van der Waals surface area contributed by atoms with Crippen LogP contribution in [0.15, 0.2) is 0 Å². The minimum Gasteiger partial charge on any atom is 0 e. The molecule has 4 heavy (non-hydrogen) atoms. The third kappa shape index (κ3) is 10.8. The Balaban J connectivity index is 0. The van der Waals surface area contributed by atoms with Gasteiger partial charge >= 0.3 is 50.5 Å². The van der Waals surface area contributed by atoms with E-state index in [1.165, 1.54) is 0 Å². The van der Waals surface area contributed by atoms with E-state index in [-0.39, 0.29) is 0 Å². The summed E-state index contributed by atoms with van der Waals surface area (Å²) in [6.45, 7) is 0. The van der Waals surface area contributed by atoms with Gasteiger partial charge in [-0.1, -0.05) is 0 Å². The molecule has 4 heteroatoms. The summed E-state index contributed by atoms with van der Waals surface area (Å²) in [7, 11) is 0. The Morgan fingerprint density at radius 1 is 1.25 bits per heavy atom. The molecule has 0 aromatic carbocycles. The maximum Gasteiger partial charge on any atom is 0 e. The smallest absolute Gasteiger partial charge is 0 e. The van der Waals surface area contributed by atoms with Gasteiger partial charge in [-0.25, -0.2) is 0 Å². The summed E-state index contributed by atoms with van der Waals surface area (Å²) in [5.74, 6) is 0. The summed E-state index contributed by atoms with van der Waals surface area (Å²) in [6.07, 6.45) is 0. The zero-order valence-electron chi connectivity index (χ0n) is 1.47. The molecule has 0 saturated carbocycles. The molecule has 0 rings (SSSR count). The zero-order valence-corrected chi connectivity index (χ0v) is 10.7. The molecule has 0 heterocycles. The Labute approximate surface area is 49.4 Å². The SMILES string of the molecule is I[I-]I.[Bk]. The van der Waals surface area contributed by atoms with E-state index < -0.39 is 0 Å². The molecule has 0 aromatic heterocycles. The average molecular weight is 628 g/mol. The zero-order chi connectivity index (χ0) is 2.71. The van der Waals surface area contributed by atoms with Crippen molar-refractivity contribution in [2.24, 2.45) is 0 Å². The Hall–Kier alpha value is 1.19. The molecule has 31 valence electrons. The van der Waals surface area contributed by atoms with Crippen LogP contribution in [0.25, 0.3) is 0 Å². The van der Waals surface area contributed by atoms with Crippen molar-refractivity contribution in [3.05, 3.63) is 0 Å². The second-order valence-corrected chi connectivity index (χ2v) is 16.3. The summed E-state index contributed by atoms with van der Waals surface area (Å²) in [5.41, 5.74) is 0. The molecule has 0 aliphatic heterocycles. The van der Waals surface area contributed by atoms with Crippen LogP contribution in [0, 0.1) is 0 Å². The van der Waals surface area contributed by atoms with E-state index in [1.54, 1.807) is 0 Å². The van der Waals surface area contributed by atoms with Gasteiger partial charge in [0.1, 0.15) is 0 Å². The number of halogens is 3. The van der Waals surface area contributed by atoms with Crippen LogP contribution in [0.3, 0.4) is 0 Å². The molecule has 0 saturated heterocycles. The van der Waals surface area contributed by atoms with Crippen LogP contribution >= 0.6 is 37.2 Å². The minimum atomic E-state index is 0. The quantitative estimate of drug-likeness (QED) is 0.296. The van der Waals surface area contributed by atoms with Crippen molar-refractivity contribution in [3.8, 4) is 0 Å². The molecule has 0 bridgehead atoms. The van der Waals surface area contributed by atoms with E-state index in [2.05, 4.69) is 37.2 Å². The summed E-state index contributed by atoms with van der Waals surface area (Å²) in [6, 6.07) is 0. The van der Waals surface area contributed by atoms with Crippen LogP contribution in [0.4, 0.5) is 0 Å². The van der Waals surface area contributed by atoms with E-state index in [1.807, 2.05) is 0 Å². The fourth-order valence-corrected chi connectivity index (χ4v) is 0.